The third-order valence-corrected chi connectivity index (χ3v) is 8.93. The number of sulfonamides is 1. The fourth-order valence-corrected chi connectivity index (χ4v) is 6.74. The van der Waals surface area contributed by atoms with E-state index in [0.29, 0.717) is 49.2 Å². The first-order valence-electron chi connectivity index (χ1n) is 9.54. The van der Waals surface area contributed by atoms with Crippen LogP contribution in [-0.2, 0) is 14.8 Å². The van der Waals surface area contributed by atoms with Gasteiger partial charge >= 0.3 is 0 Å². The highest BCUT2D eigenvalue weighted by Gasteiger charge is 2.43. The summed E-state index contributed by atoms with van der Waals surface area (Å²) in [5.41, 5.74) is 0.579. The molecule has 1 aromatic rings. The van der Waals surface area contributed by atoms with Gasteiger partial charge in [-0.2, -0.15) is 16.1 Å². The Morgan fingerprint density at radius 2 is 1.67 bits per heavy atom. The molecule has 0 saturated carbocycles. The summed E-state index contributed by atoms with van der Waals surface area (Å²) in [7, 11) is -3.52. The van der Waals surface area contributed by atoms with E-state index in [-0.39, 0.29) is 10.8 Å². The van der Waals surface area contributed by atoms with Crippen LogP contribution in [0.4, 0.5) is 0 Å². The molecule has 8 heteroatoms. The molecule has 3 saturated heterocycles. The number of morpholine rings is 1. The van der Waals surface area contributed by atoms with Crippen LogP contribution in [0.2, 0.25) is 0 Å². The lowest BCUT2D eigenvalue weighted by molar-refractivity contribution is 0.0601. The Morgan fingerprint density at radius 1 is 1.07 bits per heavy atom. The summed E-state index contributed by atoms with van der Waals surface area (Å²) in [4.78, 5) is 15.4. The normalized spacial score (nSPS) is 29.1. The summed E-state index contributed by atoms with van der Waals surface area (Å²) in [6.07, 6.45) is 6.43. The Bertz CT molecular complexity index is 776. The second-order valence-corrected chi connectivity index (χ2v) is 10.5. The van der Waals surface area contributed by atoms with E-state index in [1.165, 1.54) is 4.31 Å². The summed E-state index contributed by atoms with van der Waals surface area (Å²) < 4.78 is 32.1. The van der Waals surface area contributed by atoms with Gasteiger partial charge in [-0.1, -0.05) is 0 Å². The maximum atomic E-state index is 13.1. The molecule has 1 aromatic carbocycles. The number of carbonyl (C=O) groups excluding carboxylic acids is 1. The molecular formula is C19H26N2O4S2. The number of nitrogens with zero attached hydrogens (tertiary/aromatic N) is 2. The van der Waals surface area contributed by atoms with Crippen molar-refractivity contribution in [1.82, 2.24) is 9.21 Å². The van der Waals surface area contributed by atoms with Gasteiger partial charge in [0.1, 0.15) is 0 Å². The van der Waals surface area contributed by atoms with Crippen molar-refractivity contribution in [1.29, 1.82) is 0 Å². The van der Waals surface area contributed by atoms with Gasteiger partial charge in [-0.05, 0) is 56.2 Å². The van der Waals surface area contributed by atoms with Gasteiger partial charge in [0.05, 0.1) is 18.1 Å². The fraction of sp³-hybridized carbons (Fsp3) is 0.632. The number of fused-ring (bicyclic) bond motifs is 2. The van der Waals surface area contributed by atoms with Crippen molar-refractivity contribution in [2.75, 3.05) is 32.6 Å². The van der Waals surface area contributed by atoms with E-state index in [2.05, 4.69) is 11.2 Å². The van der Waals surface area contributed by atoms with Crippen LogP contribution in [0.25, 0.3) is 0 Å². The van der Waals surface area contributed by atoms with Crippen LogP contribution < -0.4 is 0 Å². The standard InChI is InChI=1S/C19H26N2O4S2/c1-26-17-12-15-4-5-16(13-17)21(15)19(22)14-2-6-18(7-3-14)27(23,24)20-8-10-25-11-9-20/h2-3,6-7,15-17H,4-5,8-13H2,1H3. The Kier molecular flexibility index (Phi) is 5.51. The van der Waals surface area contributed by atoms with E-state index < -0.39 is 10.0 Å². The molecule has 2 atom stereocenters. The van der Waals surface area contributed by atoms with Crippen LogP contribution >= 0.6 is 11.8 Å². The number of thioether (sulfide) groups is 1. The first-order valence-corrected chi connectivity index (χ1v) is 12.3. The molecule has 3 aliphatic heterocycles. The largest absolute Gasteiger partial charge is 0.379 e. The van der Waals surface area contributed by atoms with Crippen molar-refractivity contribution < 1.29 is 17.9 Å². The molecule has 3 heterocycles. The predicted molar refractivity (Wildman–Crippen MR) is 106 cm³/mol. The Hall–Kier alpha value is -1.09. The molecule has 0 spiro atoms. The lowest BCUT2D eigenvalue weighted by atomic mass is 10.0. The van der Waals surface area contributed by atoms with Crippen LogP contribution in [0.1, 0.15) is 36.0 Å². The molecule has 1 amide bonds. The Morgan fingerprint density at radius 3 is 2.22 bits per heavy atom. The minimum Gasteiger partial charge on any atom is -0.379 e. The van der Waals surface area contributed by atoms with Crippen molar-refractivity contribution in [2.45, 2.75) is 47.9 Å². The second-order valence-electron chi connectivity index (χ2n) is 7.47. The zero-order valence-corrected chi connectivity index (χ0v) is 17.2. The molecular weight excluding hydrogens is 384 g/mol. The van der Waals surface area contributed by atoms with Crippen molar-refractivity contribution in [3.8, 4) is 0 Å². The summed E-state index contributed by atoms with van der Waals surface area (Å²) in [6.45, 7) is 1.59. The molecule has 6 nitrogen and oxygen atoms in total. The highest BCUT2D eigenvalue weighted by molar-refractivity contribution is 7.99. The Labute approximate surface area is 165 Å². The van der Waals surface area contributed by atoms with E-state index in [1.54, 1.807) is 24.3 Å². The van der Waals surface area contributed by atoms with Crippen LogP contribution in [0.3, 0.4) is 0 Å². The Balaban J connectivity index is 1.50. The van der Waals surface area contributed by atoms with E-state index >= 15 is 0 Å². The van der Waals surface area contributed by atoms with Crippen molar-refractivity contribution in [3.05, 3.63) is 29.8 Å². The molecule has 0 aromatic heterocycles. The second kappa shape index (κ2) is 7.73. The zero-order chi connectivity index (χ0) is 19.0. The van der Waals surface area contributed by atoms with Crippen LogP contribution in [0.15, 0.2) is 29.2 Å². The maximum absolute atomic E-state index is 13.1. The minimum absolute atomic E-state index is 0.0392. The van der Waals surface area contributed by atoms with Gasteiger partial charge in [0.15, 0.2) is 0 Å². The number of amides is 1. The van der Waals surface area contributed by atoms with Crippen molar-refractivity contribution in [2.24, 2.45) is 0 Å². The van der Waals surface area contributed by atoms with Gasteiger partial charge in [0, 0.05) is 36.0 Å². The van der Waals surface area contributed by atoms with E-state index in [1.807, 2.05) is 11.8 Å². The van der Waals surface area contributed by atoms with E-state index in [4.69, 9.17) is 4.74 Å². The number of piperidine rings is 1. The molecule has 0 N–H and O–H groups in total. The molecule has 27 heavy (non-hydrogen) atoms. The number of hydrogen-bond donors (Lipinski definition) is 0. The molecule has 0 aliphatic carbocycles. The highest BCUT2D eigenvalue weighted by Crippen LogP contribution is 2.40. The van der Waals surface area contributed by atoms with Gasteiger partial charge in [0.2, 0.25) is 10.0 Å². The smallest absolute Gasteiger partial charge is 0.254 e. The maximum Gasteiger partial charge on any atom is 0.254 e. The van der Waals surface area contributed by atoms with Crippen molar-refractivity contribution >= 4 is 27.7 Å². The van der Waals surface area contributed by atoms with Gasteiger partial charge in [-0.3, -0.25) is 4.79 Å². The molecule has 4 rings (SSSR count). The van der Waals surface area contributed by atoms with Crippen LogP contribution in [-0.4, -0.2) is 73.4 Å². The van der Waals surface area contributed by atoms with Gasteiger partial charge < -0.3 is 9.64 Å². The number of rotatable bonds is 4. The monoisotopic (exact) mass is 410 g/mol. The average molecular weight is 411 g/mol. The highest BCUT2D eigenvalue weighted by atomic mass is 32.2. The van der Waals surface area contributed by atoms with Gasteiger partial charge in [-0.15, -0.1) is 0 Å². The van der Waals surface area contributed by atoms with Crippen LogP contribution in [0, 0.1) is 0 Å². The third-order valence-electron chi connectivity index (χ3n) is 5.97. The fourth-order valence-electron chi connectivity index (χ4n) is 4.51. The number of carbonyl (C=O) groups is 1. The summed E-state index contributed by atoms with van der Waals surface area (Å²) >= 11 is 1.90. The molecule has 2 unspecified atom stereocenters. The lowest BCUT2D eigenvalue weighted by Gasteiger charge is -2.38. The van der Waals surface area contributed by atoms with E-state index in [9.17, 15) is 13.2 Å². The third kappa shape index (κ3) is 3.64. The zero-order valence-electron chi connectivity index (χ0n) is 15.5. The van der Waals surface area contributed by atoms with Crippen molar-refractivity contribution in [3.63, 3.8) is 0 Å². The first kappa shape index (κ1) is 19.2. The molecule has 2 bridgehead atoms. The first-order chi connectivity index (χ1) is 13.0. The summed E-state index contributed by atoms with van der Waals surface area (Å²) in [5, 5.41) is 0.646. The van der Waals surface area contributed by atoms with E-state index in [0.717, 1.165) is 25.7 Å². The molecule has 148 valence electrons. The average Bonchev–Trinajstić information content (AvgIpc) is 2.97. The minimum atomic E-state index is -3.52. The molecule has 0 radical (unpaired) electrons. The molecule has 3 fully saturated rings. The molecule has 3 aliphatic rings. The number of ether oxygens (including phenoxy) is 1. The van der Waals surface area contributed by atoms with Gasteiger partial charge in [-0.25, -0.2) is 8.42 Å². The summed E-state index contributed by atoms with van der Waals surface area (Å²) in [5.74, 6) is 0.0392. The lowest BCUT2D eigenvalue weighted by Crippen LogP contribution is -2.47. The quantitative estimate of drug-likeness (QED) is 0.761. The predicted octanol–water partition coefficient (Wildman–Crippen LogP) is 2.21. The number of hydrogen-bond acceptors (Lipinski definition) is 5. The topological polar surface area (TPSA) is 66.9 Å². The SMILES string of the molecule is CSC1CC2CCC(C1)N2C(=O)c1ccc(S(=O)(=O)N2CCOCC2)cc1. The van der Waals surface area contributed by atoms with Gasteiger partial charge in [0.25, 0.3) is 5.91 Å². The summed E-state index contributed by atoms with van der Waals surface area (Å²) in [6, 6.07) is 7.10. The number of benzene rings is 1. The van der Waals surface area contributed by atoms with Crippen LogP contribution in [0.5, 0.6) is 0 Å².